The first-order valence-electron chi connectivity index (χ1n) is 8.29. The number of rotatable bonds is 7. The van der Waals surface area contributed by atoms with Gasteiger partial charge in [-0.3, -0.25) is 9.59 Å². The lowest BCUT2D eigenvalue weighted by atomic mass is 9.66. The van der Waals surface area contributed by atoms with Gasteiger partial charge in [0.2, 0.25) is 15.9 Å². The van der Waals surface area contributed by atoms with E-state index in [1.54, 1.807) is 4.90 Å². The van der Waals surface area contributed by atoms with Crippen molar-refractivity contribution < 1.29 is 23.1 Å². The first-order chi connectivity index (χ1) is 10.8. The van der Waals surface area contributed by atoms with E-state index in [1.165, 1.54) is 0 Å². The average molecular weight is 346 g/mol. The Balaban J connectivity index is 1.82. The van der Waals surface area contributed by atoms with Gasteiger partial charge in [0.25, 0.3) is 0 Å². The predicted molar refractivity (Wildman–Crippen MR) is 85.4 cm³/mol. The van der Waals surface area contributed by atoms with Gasteiger partial charge in [0.1, 0.15) is 0 Å². The molecule has 0 unspecified atom stereocenters. The van der Waals surface area contributed by atoms with Crippen LogP contribution in [0.4, 0.5) is 0 Å². The quantitative estimate of drug-likeness (QED) is 0.714. The zero-order chi connectivity index (χ0) is 17.1. The van der Waals surface area contributed by atoms with Crippen molar-refractivity contribution in [2.24, 2.45) is 5.41 Å². The third-order valence-corrected chi connectivity index (χ3v) is 6.56. The Morgan fingerprint density at radius 3 is 2.30 bits per heavy atom. The highest BCUT2D eigenvalue weighted by Crippen LogP contribution is 2.44. The minimum atomic E-state index is -3.24. The Hall–Kier alpha value is -1.15. The van der Waals surface area contributed by atoms with Gasteiger partial charge in [-0.25, -0.2) is 13.1 Å². The second kappa shape index (κ2) is 7.17. The summed E-state index contributed by atoms with van der Waals surface area (Å²) in [6.45, 7) is 2.78. The molecule has 132 valence electrons. The number of amides is 1. The molecular formula is C15H26N2O5S. The van der Waals surface area contributed by atoms with Crippen molar-refractivity contribution in [3.8, 4) is 0 Å². The highest BCUT2D eigenvalue weighted by Gasteiger charge is 2.46. The van der Waals surface area contributed by atoms with Crippen LogP contribution in [0.1, 0.15) is 51.9 Å². The van der Waals surface area contributed by atoms with Crippen LogP contribution in [0.3, 0.4) is 0 Å². The molecule has 0 atom stereocenters. The largest absolute Gasteiger partial charge is 0.481 e. The Morgan fingerprint density at radius 2 is 1.87 bits per heavy atom. The third-order valence-electron chi connectivity index (χ3n) is 4.92. The van der Waals surface area contributed by atoms with Crippen LogP contribution in [0, 0.1) is 5.41 Å². The van der Waals surface area contributed by atoms with Gasteiger partial charge < -0.3 is 10.0 Å². The van der Waals surface area contributed by atoms with Gasteiger partial charge in [-0.2, -0.15) is 0 Å². The van der Waals surface area contributed by atoms with Crippen LogP contribution in [-0.2, 0) is 19.6 Å². The molecule has 0 aromatic heterocycles. The van der Waals surface area contributed by atoms with Crippen LogP contribution in [0.15, 0.2) is 0 Å². The average Bonchev–Trinajstić information content (AvgIpc) is 2.42. The van der Waals surface area contributed by atoms with E-state index in [2.05, 4.69) is 4.72 Å². The van der Waals surface area contributed by atoms with E-state index < -0.39 is 21.4 Å². The molecule has 1 amide bonds. The summed E-state index contributed by atoms with van der Waals surface area (Å²) in [6.07, 6.45) is 3.80. The van der Waals surface area contributed by atoms with Crippen molar-refractivity contribution in [1.29, 1.82) is 0 Å². The molecule has 0 aromatic carbocycles. The first kappa shape index (κ1) is 18.2. The maximum absolute atomic E-state index is 12.3. The smallest absolute Gasteiger partial charge is 0.310 e. The van der Waals surface area contributed by atoms with E-state index in [-0.39, 0.29) is 24.1 Å². The number of carbonyl (C=O) groups is 2. The second-order valence-corrected chi connectivity index (χ2v) is 8.58. The van der Waals surface area contributed by atoms with Crippen LogP contribution >= 0.6 is 0 Å². The highest BCUT2D eigenvalue weighted by atomic mass is 32.2. The fraction of sp³-hybridized carbons (Fsp3) is 0.867. The molecule has 2 rings (SSSR count). The van der Waals surface area contributed by atoms with Crippen LogP contribution in [0.25, 0.3) is 0 Å². The van der Waals surface area contributed by atoms with Gasteiger partial charge in [-0.15, -0.1) is 0 Å². The van der Waals surface area contributed by atoms with E-state index in [1.807, 2.05) is 6.92 Å². The molecule has 0 spiro atoms. The third kappa shape index (κ3) is 4.44. The van der Waals surface area contributed by atoms with Gasteiger partial charge >= 0.3 is 5.97 Å². The maximum atomic E-state index is 12.3. The number of carboxylic acids is 1. The lowest BCUT2D eigenvalue weighted by Gasteiger charge is -2.39. The van der Waals surface area contributed by atoms with Crippen LogP contribution in [0.2, 0.25) is 0 Å². The molecule has 2 fully saturated rings. The Bertz CT molecular complexity index is 548. The summed E-state index contributed by atoms with van der Waals surface area (Å²) in [7, 11) is -3.24. The van der Waals surface area contributed by atoms with Gasteiger partial charge in [-0.1, -0.05) is 13.3 Å². The fourth-order valence-corrected chi connectivity index (χ4v) is 4.70. The minimum absolute atomic E-state index is 0.0640. The number of likely N-dealkylation sites (tertiary alicyclic amines) is 1. The molecule has 7 nitrogen and oxygen atoms in total. The monoisotopic (exact) mass is 346 g/mol. The van der Waals surface area contributed by atoms with Crippen molar-refractivity contribution in [1.82, 2.24) is 9.62 Å². The summed E-state index contributed by atoms with van der Waals surface area (Å²) in [6, 6.07) is -0.132. The van der Waals surface area contributed by atoms with Gasteiger partial charge in [0.15, 0.2) is 0 Å². The summed E-state index contributed by atoms with van der Waals surface area (Å²) in [4.78, 5) is 25.3. The zero-order valence-electron chi connectivity index (χ0n) is 13.6. The molecule has 0 aromatic rings. The minimum Gasteiger partial charge on any atom is -0.481 e. The molecule has 2 N–H and O–H groups in total. The van der Waals surface area contributed by atoms with E-state index in [0.717, 1.165) is 6.42 Å². The van der Waals surface area contributed by atoms with Gasteiger partial charge in [0, 0.05) is 25.6 Å². The van der Waals surface area contributed by atoms with Crippen LogP contribution in [-0.4, -0.2) is 55.2 Å². The highest BCUT2D eigenvalue weighted by molar-refractivity contribution is 7.89. The molecule has 0 radical (unpaired) electrons. The van der Waals surface area contributed by atoms with Crippen molar-refractivity contribution in [2.45, 2.75) is 57.9 Å². The van der Waals surface area contributed by atoms with E-state index in [0.29, 0.717) is 45.2 Å². The van der Waals surface area contributed by atoms with E-state index in [9.17, 15) is 23.1 Å². The predicted octanol–water partition coefficient (Wildman–Crippen LogP) is 0.952. The molecular weight excluding hydrogens is 320 g/mol. The van der Waals surface area contributed by atoms with Crippen LogP contribution < -0.4 is 4.72 Å². The molecule has 8 heteroatoms. The summed E-state index contributed by atoms with van der Waals surface area (Å²) >= 11 is 0. The fourth-order valence-electron chi connectivity index (χ4n) is 3.30. The SMILES string of the molecule is CCCS(=O)(=O)NC1CCN(C(=O)CC2(C(=O)O)CCC2)CC1. The number of nitrogens with one attached hydrogen (secondary N) is 1. The lowest BCUT2D eigenvalue weighted by Crippen LogP contribution is -2.49. The maximum Gasteiger partial charge on any atom is 0.310 e. The number of carbonyl (C=O) groups excluding carboxylic acids is 1. The molecule has 1 aliphatic carbocycles. The molecule has 2 aliphatic rings. The number of hydrogen-bond donors (Lipinski definition) is 2. The number of aliphatic carboxylic acids is 1. The molecule has 23 heavy (non-hydrogen) atoms. The summed E-state index contributed by atoms with van der Waals surface area (Å²) < 4.78 is 26.2. The Labute approximate surface area is 137 Å². The van der Waals surface area contributed by atoms with Crippen LogP contribution in [0.5, 0.6) is 0 Å². The molecule has 0 bridgehead atoms. The number of sulfonamides is 1. The van der Waals surface area contributed by atoms with Gasteiger partial charge in [0.05, 0.1) is 11.2 Å². The summed E-state index contributed by atoms with van der Waals surface area (Å²) in [5, 5.41) is 9.30. The number of piperidine rings is 1. The number of carboxylic acid groups (broad SMARTS) is 1. The number of nitrogens with zero attached hydrogens (tertiary/aromatic N) is 1. The summed E-state index contributed by atoms with van der Waals surface area (Å²) in [5.74, 6) is -0.880. The van der Waals surface area contributed by atoms with Crippen molar-refractivity contribution in [2.75, 3.05) is 18.8 Å². The topological polar surface area (TPSA) is 104 Å². The molecule has 1 saturated carbocycles. The molecule has 1 heterocycles. The molecule has 1 saturated heterocycles. The Morgan fingerprint density at radius 1 is 1.26 bits per heavy atom. The summed E-state index contributed by atoms with van der Waals surface area (Å²) in [5.41, 5.74) is -0.864. The standard InChI is InChI=1S/C15H26N2O5S/c1-2-10-23(21,22)16-12-4-8-17(9-5-12)13(18)11-15(14(19)20)6-3-7-15/h12,16H,2-11H2,1H3,(H,19,20). The zero-order valence-corrected chi connectivity index (χ0v) is 14.4. The lowest BCUT2D eigenvalue weighted by molar-refractivity contribution is -0.159. The van der Waals surface area contributed by atoms with E-state index in [4.69, 9.17) is 0 Å². The second-order valence-electron chi connectivity index (χ2n) is 6.71. The van der Waals surface area contributed by atoms with Crippen molar-refractivity contribution in [3.63, 3.8) is 0 Å². The number of hydrogen-bond acceptors (Lipinski definition) is 4. The molecule has 1 aliphatic heterocycles. The van der Waals surface area contributed by atoms with E-state index >= 15 is 0 Å². The first-order valence-corrected chi connectivity index (χ1v) is 9.94. The Kier molecular flexibility index (Phi) is 5.67. The van der Waals surface area contributed by atoms with Gasteiger partial charge in [-0.05, 0) is 32.1 Å². The van der Waals surface area contributed by atoms with Crippen molar-refractivity contribution in [3.05, 3.63) is 0 Å². The normalized spacial score (nSPS) is 21.7. The van der Waals surface area contributed by atoms with Crippen molar-refractivity contribution >= 4 is 21.9 Å².